The molecular formula is C14H19ClO2. The Morgan fingerprint density at radius 3 is 2.35 bits per heavy atom. The predicted octanol–water partition coefficient (Wildman–Crippen LogP) is 2.67. The van der Waals surface area contributed by atoms with Crippen molar-refractivity contribution in [2.24, 2.45) is 11.8 Å². The summed E-state index contributed by atoms with van der Waals surface area (Å²) in [7, 11) is 0. The van der Waals surface area contributed by atoms with Crippen LogP contribution >= 0.6 is 11.6 Å². The molecule has 0 heterocycles. The van der Waals surface area contributed by atoms with Gasteiger partial charge in [-0.1, -0.05) is 44.2 Å². The van der Waals surface area contributed by atoms with Crippen LogP contribution in [-0.4, -0.2) is 22.9 Å². The number of halogens is 1. The Hall–Kier alpha value is -0.860. The molecule has 0 aliphatic carbocycles. The summed E-state index contributed by atoms with van der Waals surface area (Å²) in [6.45, 7) is 3.82. The molecule has 1 aromatic rings. The van der Waals surface area contributed by atoms with Gasteiger partial charge in [0.15, 0.2) is 0 Å². The third kappa shape index (κ3) is 4.14. The molecule has 0 aliphatic rings. The van der Waals surface area contributed by atoms with Gasteiger partial charge in [0, 0.05) is 5.92 Å². The monoisotopic (exact) mass is 254 g/mol. The molecule has 1 aromatic carbocycles. The fourth-order valence-corrected chi connectivity index (χ4v) is 2.18. The molecule has 94 valence electrons. The summed E-state index contributed by atoms with van der Waals surface area (Å²) < 4.78 is 0. The van der Waals surface area contributed by atoms with Crippen molar-refractivity contribution in [1.29, 1.82) is 0 Å². The van der Waals surface area contributed by atoms with Gasteiger partial charge < -0.3 is 9.90 Å². The van der Waals surface area contributed by atoms with Gasteiger partial charge in [0.25, 0.3) is 0 Å². The van der Waals surface area contributed by atoms with Crippen LogP contribution in [0.25, 0.3) is 0 Å². The molecule has 0 bridgehead atoms. The van der Waals surface area contributed by atoms with Crippen LogP contribution in [0.2, 0.25) is 0 Å². The highest BCUT2D eigenvalue weighted by atomic mass is 35.5. The second-order valence-electron chi connectivity index (χ2n) is 4.65. The Labute approximate surface area is 108 Å². The van der Waals surface area contributed by atoms with E-state index in [-0.39, 0.29) is 5.92 Å². The van der Waals surface area contributed by atoms with E-state index in [1.165, 1.54) is 0 Å². The average Bonchev–Trinajstić information content (AvgIpc) is 2.30. The van der Waals surface area contributed by atoms with Gasteiger partial charge >= 0.3 is 0 Å². The molecule has 3 heteroatoms. The first-order valence-corrected chi connectivity index (χ1v) is 6.31. The van der Waals surface area contributed by atoms with Gasteiger partial charge in [-0.25, -0.2) is 0 Å². The van der Waals surface area contributed by atoms with Crippen LogP contribution in [0.15, 0.2) is 30.3 Å². The normalized spacial score (nSPS) is 16.5. The molecule has 17 heavy (non-hydrogen) atoms. The Morgan fingerprint density at radius 1 is 1.29 bits per heavy atom. The number of carbonyl (C=O) groups is 1. The standard InChI is InChI=1S/C14H19ClO2/c1-10(2)12(9-16)14(17)13(15)8-11-6-4-3-5-7-11/h3-7,9-10,12-14,17H,8H2,1-2H3/t12-,13?,14-/m1/s1. The third-order valence-corrected chi connectivity index (χ3v) is 3.38. The molecule has 0 amide bonds. The van der Waals surface area contributed by atoms with E-state index >= 15 is 0 Å². The number of benzene rings is 1. The summed E-state index contributed by atoms with van der Waals surface area (Å²) >= 11 is 6.17. The van der Waals surface area contributed by atoms with E-state index in [2.05, 4.69) is 0 Å². The third-order valence-electron chi connectivity index (χ3n) is 2.97. The maximum Gasteiger partial charge on any atom is 0.125 e. The first-order chi connectivity index (χ1) is 8.06. The second-order valence-corrected chi connectivity index (χ2v) is 5.21. The Kier molecular flexibility index (Phi) is 5.66. The zero-order valence-corrected chi connectivity index (χ0v) is 11.0. The van der Waals surface area contributed by atoms with Crippen molar-refractivity contribution in [2.45, 2.75) is 31.7 Å². The molecule has 0 saturated heterocycles. The minimum absolute atomic E-state index is 0.0968. The molecule has 0 radical (unpaired) electrons. The number of aliphatic hydroxyl groups excluding tert-OH is 1. The van der Waals surface area contributed by atoms with Crippen molar-refractivity contribution >= 4 is 17.9 Å². The van der Waals surface area contributed by atoms with E-state index in [0.717, 1.165) is 11.8 Å². The van der Waals surface area contributed by atoms with Gasteiger partial charge in [-0.15, -0.1) is 11.6 Å². The van der Waals surface area contributed by atoms with Crippen LogP contribution < -0.4 is 0 Å². The maximum absolute atomic E-state index is 10.9. The molecule has 1 rings (SSSR count). The summed E-state index contributed by atoms with van der Waals surface area (Å²) in [6.07, 6.45) is 0.574. The van der Waals surface area contributed by atoms with Gasteiger partial charge in [0.05, 0.1) is 11.5 Å². The SMILES string of the molecule is CC(C)[C@@H](C=O)[C@@H](O)C(Cl)Cc1ccccc1. The summed E-state index contributed by atoms with van der Waals surface area (Å²) in [6, 6.07) is 9.74. The van der Waals surface area contributed by atoms with E-state index in [9.17, 15) is 9.90 Å². The van der Waals surface area contributed by atoms with Crippen LogP contribution in [0.3, 0.4) is 0 Å². The second kappa shape index (κ2) is 6.77. The van der Waals surface area contributed by atoms with Crippen molar-refractivity contribution in [3.63, 3.8) is 0 Å². The number of hydrogen-bond acceptors (Lipinski definition) is 2. The molecule has 0 fully saturated rings. The number of alkyl halides is 1. The van der Waals surface area contributed by atoms with Crippen LogP contribution in [0, 0.1) is 11.8 Å². The van der Waals surface area contributed by atoms with E-state index < -0.39 is 17.4 Å². The number of hydrogen-bond donors (Lipinski definition) is 1. The number of aldehydes is 1. The molecule has 2 nitrogen and oxygen atoms in total. The molecule has 1 N–H and O–H groups in total. The lowest BCUT2D eigenvalue weighted by Crippen LogP contribution is -2.35. The van der Waals surface area contributed by atoms with Crippen LogP contribution in [0.4, 0.5) is 0 Å². The average molecular weight is 255 g/mol. The van der Waals surface area contributed by atoms with Crippen molar-refractivity contribution in [3.8, 4) is 0 Å². The van der Waals surface area contributed by atoms with Gasteiger partial charge in [-0.05, 0) is 17.9 Å². The summed E-state index contributed by atoms with van der Waals surface area (Å²) in [5.74, 6) is -0.305. The molecule has 0 spiro atoms. The van der Waals surface area contributed by atoms with E-state index in [4.69, 9.17) is 11.6 Å². The highest BCUT2D eigenvalue weighted by molar-refractivity contribution is 6.21. The van der Waals surface area contributed by atoms with Crippen LogP contribution in [0.1, 0.15) is 19.4 Å². The zero-order chi connectivity index (χ0) is 12.8. The quantitative estimate of drug-likeness (QED) is 0.626. The maximum atomic E-state index is 10.9. The topological polar surface area (TPSA) is 37.3 Å². The van der Waals surface area contributed by atoms with Crippen molar-refractivity contribution in [3.05, 3.63) is 35.9 Å². The number of carbonyl (C=O) groups excluding carboxylic acids is 1. The highest BCUT2D eigenvalue weighted by Crippen LogP contribution is 2.21. The minimum atomic E-state index is -0.797. The van der Waals surface area contributed by atoms with Gasteiger partial charge in [0.1, 0.15) is 6.29 Å². The van der Waals surface area contributed by atoms with E-state index in [0.29, 0.717) is 6.42 Å². The zero-order valence-electron chi connectivity index (χ0n) is 10.2. The largest absolute Gasteiger partial charge is 0.391 e. The minimum Gasteiger partial charge on any atom is -0.391 e. The Balaban J connectivity index is 2.63. The van der Waals surface area contributed by atoms with E-state index in [1.54, 1.807) is 0 Å². The van der Waals surface area contributed by atoms with Crippen LogP contribution in [0.5, 0.6) is 0 Å². The van der Waals surface area contributed by atoms with Gasteiger partial charge in [0.2, 0.25) is 0 Å². The summed E-state index contributed by atoms with van der Waals surface area (Å²) in [4.78, 5) is 10.9. The molecular weight excluding hydrogens is 236 g/mol. The summed E-state index contributed by atoms with van der Waals surface area (Å²) in [5.41, 5.74) is 1.07. The molecule has 0 saturated carbocycles. The molecule has 0 aromatic heterocycles. The Bertz CT molecular complexity index is 337. The van der Waals surface area contributed by atoms with E-state index in [1.807, 2.05) is 44.2 Å². The molecule has 1 unspecified atom stereocenters. The summed E-state index contributed by atoms with van der Waals surface area (Å²) in [5, 5.41) is 9.61. The lowest BCUT2D eigenvalue weighted by Gasteiger charge is -2.25. The van der Waals surface area contributed by atoms with Crippen LogP contribution in [-0.2, 0) is 11.2 Å². The molecule has 0 aliphatic heterocycles. The number of aliphatic hydroxyl groups is 1. The van der Waals surface area contributed by atoms with Gasteiger partial charge in [-0.2, -0.15) is 0 Å². The lowest BCUT2D eigenvalue weighted by molar-refractivity contribution is -0.116. The predicted molar refractivity (Wildman–Crippen MR) is 70.2 cm³/mol. The van der Waals surface area contributed by atoms with Gasteiger partial charge in [-0.3, -0.25) is 0 Å². The molecule has 3 atom stereocenters. The van der Waals surface area contributed by atoms with Crippen molar-refractivity contribution < 1.29 is 9.90 Å². The fraction of sp³-hybridized carbons (Fsp3) is 0.500. The van der Waals surface area contributed by atoms with Crippen molar-refractivity contribution in [1.82, 2.24) is 0 Å². The first-order valence-electron chi connectivity index (χ1n) is 5.87. The smallest absolute Gasteiger partial charge is 0.125 e. The number of rotatable bonds is 6. The highest BCUT2D eigenvalue weighted by Gasteiger charge is 2.28. The van der Waals surface area contributed by atoms with Crippen molar-refractivity contribution in [2.75, 3.05) is 0 Å². The first kappa shape index (κ1) is 14.2. The fourth-order valence-electron chi connectivity index (χ4n) is 1.83. The Morgan fingerprint density at radius 2 is 1.88 bits per heavy atom. The lowest BCUT2D eigenvalue weighted by atomic mass is 9.88.